The third-order valence-corrected chi connectivity index (χ3v) is 4.08. The average Bonchev–Trinajstić information content (AvgIpc) is 2.72. The summed E-state index contributed by atoms with van der Waals surface area (Å²) in [4.78, 5) is 35.2. The van der Waals surface area contributed by atoms with Crippen molar-refractivity contribution in [1.82, 2.24) is 0 Å². The number of ether oxygens (including phenoxy) is 3. The molecule has 2 amide bonds. The van der Waals surface area contributed by atoms with E-state index in [1.807, 2.05) is 0 Å². The highest BCUT2D eigenvalue weighted by molar-refractivity contribution is 5.97. The Hall–Kier alpha value is -3.81. The van der Waals surface area contributed by atoms with Gasteiger partial charge in [0.1, 0.15) is 13.2 Å². The van der Waals surface area contributed by atoms with Gasteiger partial charge in [0, 0.05) is 17.3 Å². The van der Waals surface area contributed by atoms with Crippen molar-refractivity contribution in [2.45, 2.75) is 13.0 Å². The Kier molecular flexibility index (Phi) is 6.13. The largest absolute Gasteiger partial charge is 0.486 e. The summed E-state index contributed by atoms with van der Waals surface area (Å²) in [5.74, 6) is -0.452. The summed E-state index contributed by atoms with van der Waals surface area (Å²) in [6.45, 7) is 2.44. The number of nitrogens with one attached hydrogen (secondary N) is 1. The standard InChI is InChI=1S/C21H20N2O6/c1-13(21(26)23-16-6-4-15(5-7-16)20(22)25)29-19(24)9-3-14-2-8-17-18(12-14)28-11-10-27-17/h2-9,12-13H,10-11H2,1H3,(H2,22,25)(H,23,26)/b9-3+/t13-/m0/s1. The van der Waals surface area contributed by atoms with Gasteiger partial charge < -0.3 is 25.3 Å². The molecule has 2 aromatic carbocycles. The fraction of sp³-hybridized carbons (Fsp3) is 0.190. The Labute approximate surface area is 167 Å². The van der Waals surface area contributed by atoms with Crippen molar-refractivity contribution in [3.8, 4) is 11.5 Å². The number of fused-ring (bicyclic) bond motifs is 1. The molecule has 2 aromatic rings. The summed E-state index contributed by atoms with van der Waals surface area (Å²) in [5, 5.41) is 2.60. The first kappa shape index (κ1) is 19.9. The van der Waals surface area contributed by atoms with Crippen molar-refractivity contribution >= 4 is 29.5 Å². The smallest absolute Gasteiger partial charge is 0.331 e. The topological polar surface area (TPSA) is 117 Å². The minimum Gasteiger partial charge on any atom is -0.486 e. The lowest BCUT2D eigenvalue weighted by Crippen LogP contribution is -2.29. The fourth-order valence-corrected chi connectivity index (χ4v) is 2.56. The molecule has 0 saturated heterocycles. The molecule has 0 bridgehead atoms. The first-order valence-corrected chi connectivity index (χ1v) is 8.91. The number of hydrogen-bond acceptors (Lipinski definition) is 6. The molecule has 29 heavy (non-hydrogen) atoms. The molecule has 8 nitrogen and oxygen atoms in total. The SMILES string of the molecule is C[C@H](OC(=O)/C=C/c1ccc2c(c1)OCCO2)C(=O)Nc1ccc(C(N)=O)cc1. The maximum atomic E-state index is 12.2. The van der Waals surface area contributed by atoms with Crippen LogP contribution >= 0.6 is 0 Å². The molecule has 0 fully saturated rings. The second kappa shape index (κ2) is 8.92. The monoisotopic (exact) mass is 396 g/mol. The van der Waals surface area contributed by atoms with Gasteiger partial charge in [-0.3, -0.25) is 9.59 Å². The predicted octanol–water partition coefficient (Wildman–Crippen LogP) is 2.14. The van der Waals surface area contributed by atoms with Crippen LogP contribution in [0.3, 0.4) is 0 Å². The lowest BCUT2D eigenvalue weighted by Gasteiger charge is -2.18. The molecule has 0 saturated carbocycles. The van der Waals surface area contributed by atoms with Gasteiger partial charge in [0.05, 0.1) is 0 Å². The Morgan fingerprint density at radius 3 is 2.45 bits per heavy atom. The van der Waals surface area contributed by atoms with Crippen LogP contribution in [-0.4, -0.2) is 37.1 Å². The Balaban J connectivity index is 1.53. The minimum atomic E-state index is -1.01. The van der Waals surface area contributed by atoms with E-state index in [1.54, 1.807) is 24.3 Å². The molecule has 1 heterocycles. The molecule has 0 spiro atoms. The van der Waals surface area contributed by atoms with Crippen LogP contribution in [0.25, 0.3) is 6.08 Å². The van der Waals surface area contributed by atoms with Gasteiger partial charge in [-0.1, -0.05) is 6.07 Å². The van der Waals surface area contributed by atoms with Gasteiger partial charge in [-0.15, -0.1) is 0 Å². The summed E-state index contributed by atoms with van der Waals surface area (Å²) >= 11 is 0. The molecular weight excluding hydrogens is 376 g/mol. The van der Waals surface area contributed by atoms with E-state index >= 15 is 0 Å². The average molecular weight is 396 g/mol. The second-order valence-electron chi connectivity index (χ2n) is 6.25. The maximum Gasteiger partial charge on any atom is 0.331 e. The zero-order valence-electron chi connectivity index (χ0n) is 15.7. The van der Waals surface area contributed by atoms with Crippen LogP contribution in [0.1, 0.15) is 22.8 Å². The van der Waals surface area contributed by atoms with Gasteiger partial charge in [0.25, 0.3) is 5.91 Å². The molecule has 1 atom stereocenters. The van der Waals surface area contributed by atoms with Crippen molar-refractivity contribution in [3.05, 3.63) is 59.7 Å². The van der Waals surface area contributed by atoms with E-state index in [0.29, 0.717) is 36.0 Å². The van der Waals surface area contributed by atoms with Crippen LogP contribution in [-0.2, 0) is 14.3 Å². The van der Waals surface area contributed by atoms with Gasteiger partial charge in [0.2, 0.25) is 5.91 Å². The number of carbonyl (C=O) groups excluding carboxylic acids is 3. The lowest BCUT2D eigenvalue weighted by atomic mass is 10.2. The van der Waals surface area contributed by atoms with E-state index < -0.39 is 23.9 Å². The molecule has 150 valence electrons. The van der Waals surface area contributed by atoms with Crippen LogP contribution in [0.15, 0.2) is 48.5 Å². The quantitative estimate of drug-likeness (QED) is 0.571. The molecule has 0 aliphatic carbocycles. The lowest BCUT2D eigenvalue weighted by molar-refractivity contribution is -0.148. The Morgan fingerprint density at radius 1 is 1.07 bits per heavy atom. The highest BCUT2D eigenvalue weighted by Crippen LogP contribution is 2.31. The van der Waals surface area contributed by atoms with Crippen LogP contribution in [0, 0.1) is 0 Å². The first-order valence-electron chi connectivity index (χ1n) is 8.91. The third-order valence-electron chi connectivity index (χ3n) is 4.08. The Morgan fingerprint density at radius 2 is 1.76 bits per heavy atom. The van der Waals surface area contributed by atoms with E-state index in [2.05, 4.69) is 5.32 Å². The maximum absolute atomic E-state index is 12.2. The molecule has 3 N–H and O–H groups in total. The zero-order valence-corrected chi connectivity index (χ0v) is 15.7. The van der Waals surface area contributed by atoms with E-state index in [-0.39, 0.29) is 0 Å². The molecular formula is C21H20N2O6. The van der Waals surface area contributed by atoms with E-state index in [1.165, 1.54) is 37.3 Å². The number of nitrogens with two attached hydrogens (primary N) is 1. The summed E-state index contributed by atoms with van der Waals surface area (Å²) in [7, 11) is 0. The zero-order chi connectivity index (χ0) is 20.8. The van der Waals surface area contributed by atoms with E-state index in [4.69, 9.17) is 19.9 Å². The number of rotatable bonds is 6. The van der Waals surface area contributed by atoms with Crippen molar-refractivity contribution in [2.75, 3.05) is 18.5 Å². The fourth-order valence-electron chi connectivity index (χ4n) is 2.56. The van der Waals surface area contributed by atoms with Crippen molar-refractivity contribution < 1.29 is 28.6 Å². The summed E-state index contributed by atoms with van der Waals surface area (Å²) in [6.07, 6.45) is 1.79. The van der Waals surface area contributed by atoms with Crippen molar-refractivity contribution in [1.29, 1.82) is 0 Å². The highest BCUT2D eigenvalue weighted by atomic mass is 16.6. The van der Waals surface area contributed by atoms with Crippen LogP contribution < -0.4 is 20.5 Å². The minimum absolute atomic E-state index is 0.326. The second-order valence-corrected chi connectivity index (χ2v) is 6.25. The number of hydrogen-bond donors (Lipinski definition) is 2. The molecule has 0 unspecified atom stereocenters. The highest BCUT2D eigenvalue weighted by Gasteiger charge is 2.17. The summed E-state index contributed by atoms with van der Waals surface area (Å²) in [5.41, 5.74) is 6.68. The molecule has 1 aliphatic rings. The van der Waals surface area contributed by atoms with Gasteiger partial charge in [0.15, 0.2) is 17.6 Å². The van der Waals surface area contributed by atoms with Crippen LogP contribution in [0.4, 0.5) is 5.69 Å². The van der Waals surface area contributed by atoms with Crippen molar-refractivity contribution in [2.24, 2.45) is 5.73 Å². The molecule has 8 heteroatoms. The first-order chi connectivity index (χ1) is 13.9. The molecule has 3 rings (SSSR count). The Bertz CT molecular complexity index is 952. The number of carbonyl (C=O) groups is 3. The molecule has 1 aliphatic heterocycles. The number of primary amides is 1. The van der Waals surface area contributed by atoms with Gasteiger partial charge in [-0.25, -0.2) is 4.79 Å². The van der Waals surface area contributed by atoms with Gasteiger partial charge in [-0.05, 0) is 55.0 Å². The number of esters is 1. The summed E-state index contributed by atoms with van der Waals surface area (Å²) in [6, 6.07) is 11.4. The van der Waals surface area contributed by atoms with E-state index in [0.717, 1.165) is 5.56 Å². The third kappa shape index (κ3) is 5.35. The van der Waals surface area contributed by atoms with E-state index in [9.17, 15) is 14.4 Å². The summed E-state index contributed by atoms with van der Waals surface area (Å²) < 4.78 is 16.0. The number of amides is 2. The molecule has 0 aromatic heterocycles. The number of benzene rings is 2. The van der Waals surface area contributed by atoms with Gasteiger partial charge in [-0.2, -0.15) is 0 Å². The van der Waals surface area contributed by atoms with Gasteiger partial charge >= 0.3 is 5.97 Å². The van der Waals surface area contributed by atoms with Crippen molar-refractivity contribution in [3.63, 3.8) is 0 Å². The predicted molar refractivity (Wildman–Crippen MR) is 106 cm³/mol. The van der Waals surface area contributed by atoms with Crippen LogP contribution in [0.2, 0.25) is 0 Å². The molecule has 0 radical (unpaired) electrons. The van der Waals surface area contributed by atoms with Crippen LogP contribution in [0.5, 0.6) is 11.5 Å². The normalized spacial score (nSPS) is 13.6. The number of anilines is 1.